The second-order valence-electron chi connectivity index (χ2n) is 4.44. The first-order valence-electron chi connectivity index (χ1n) is 6.15. The maximum atomic E-state index is 11.2. The summed E-state index contributed by atoms with van der Waals surface area (Å²) in [5.74, 6) is 0.597. The highest BCUT2D eigenvalue weighted by Gasteiger charge is 2.14. The molecule has 0 saturated carbocycles. The van der Waals surface area contributed by atoms with Gasteiger partial charge in [-0.3, -0.25) is 4.55 Å². The van der Waals surface area contributed by atoms with Gasteiger partial charge in [0, 0.05) is 0 Å². The van der Waals surface area contributed by atoms with E-state index in [0.29, 0.717) is 11.5 Å². The lowest BCUT2D eigenvalue weighted by molar-refractivity contribution is 0.482. The first kappa shape index (κ1) is 14.9. The lowest BCUT2D eigenvalue weighted by Gasteiger charge is -2.13. The molecule has 1 aromatic carbocycles. The van der Waals surface area contributed by atoms with E-state index in [1.807, 2.05) is 0 Å². The number of hydrogen-bond acceptors (Lipinski definition) is 2. The predicted octanol–water partition coefficient (Wildman–Crippen LogP) is 3.56. The van der Waals surface area contributed by atoms with Crippen LogP contribution in [0.25, 0.3) is 6.08 Å². The van der Waals surface area contributed by atoms with Crippen LogP contribution in [0, 0.1) is 5.92 Å². The predicted molar refractivity (Wildman–Crippen MR) is 74.1 cm³/mol. The standard InChI is InChI=1S/C14H20O3S/c1-4-11(5-2)9-12-7-8-14(18(15,16)17)13(6-3)10-12/h6-8,10-11H,3-5,9H2,1-2H3,(H,15,16,17). The molecule has 1 aromatic rings. The van der Waals surface area contributed by atoms with E-state index in [4.69, 9.17) is 4.55 Å². The van der Waals surface area contributed by atoms with Crippen LogP contribution in [0.5, 0.6) is 0 Å². The number of benzene rings is 1. The SMILES string of the molecule is C=Cc1cc(CC(CC)CC)ccc1S(=O)(=O)O. The highest BCUT2D eigenvalue weighted by molar-refractivity contribution is 7.85. The quantitative estimate of drug-likeness (QED) is 0.803. The van der Waals surface area contributed by atoms with Crippen LogP contribution in [-0.2, 0) is 16.5 Å². The summed E-state index contributed by atoms with van der Waals surface area (Å²) in [6.07, 6.45) is 4.57. The molecule has 1 rings (SSSR count). The van der Waals surface area contributed by atoms with E-state index in [-0.39, 0.29) is 4.90 Å². The molecule has 0 aliphatic carbocycles. The van der Waals surface area contributed by atoms with Crippen LogP contribution < -0.4 is 0 Å². The Kier molecular flexibility index (Phi) is 5.11. The maximum absolute atomic E-state index is 11.2. The van der Waals surface area contributed by atoms with Crippen molar-refractivity contribution >= 4 is 16.2 Å². The van der Waals surface area contributed by atoms with Crippen molar-refractivity contribution in [3.05, 3.63) is 35.9 Å². The van der Waals surface area contributed by atoms with E-state index in [0.717, 1.165) is 24.8 Å². The van der Waals surface area contributed by atoms with Crippen molar-refractivity contribution in [2.24, 2.45) is 5.92 Å². The molecule has 0 bridgehead atoms. The second-order valence-corrected chi connectivity index (χ2v) is 5.83. The Hall–Kier alpha value is -1.13. The van der Waals surface area contributed by atoms with Crippen LogP contribution in [0.4, 0.5) is 0 Å². The molecular weight excluding hydrogens is 248 g/mol. The van der Waals surface area contributed by atoms with E-state index in [2.05, 4.69) is 20.4 Å². The molecule has 1 N–H and O–H groups in total. The zero-order chi connectivity index (χ0) is 13.8. The third kappa shape index (κ3) is 3.68. The molecule has 0 fully saturated rings. The van der Waals surface area contributed by atoms with Crippen LogP contribution in [0.15, 0.2) is 29.7 Å². The average Bonchev–Trinajstić information content (AvgIpc) is 2.34. The minimum absolute atomic E-state index is 0.0780. The van der Waals surface area contributed by atoms with E-state index in [9.17, 15) is 8.42 Å². The van der Waals surface area contributed by atoms with Gasteiger partial charge in [0.1, 0.15) is 4.90 Å². The molecular formula is C14H20O3S. The van der Waals surface area contributed by atoms with Crippen LogP contribution in [0.2, 0.25) is 0 Å². The van der Waals surface area contributed by atoms with Gasteiger partial charge in [0.2, 0.25) is 0 Å². The Labute approximate surface area is 109 Å². The third-order valence-electron chi connectivity index (χ3n) is 3.25. The minimum Gasteiger partial charge on any atom is -0.282 e. The van der Waals surface area contributed by atoms with Crippen LogP contribution in [0.3, 0.4) is 0 Å². The molecule has 3 nitrogen and oxygen atoms in total. The molecule has 0 aromatic heterocycles. The molecule has 0 unspecified atom stereocenters. The molecule has 0 saturated heterocycles. The summed E-state index contributed by atoms with van der Waals surface area (Å²) in [5, 5.41) is 0. The molecule has 0 aliphatic rings. The first-order valence-corrected chi connectivity index (χ1v) is 7.59. The Balaban J connectivity index is 3.10. The summed E-state index contributed by atoms with van der Waals surface area (Å²) in [5.41, 5.74) is 1.53. The van der Waals surface area contributed by atoms with Gasteiger partial charge in [0.25, 0.3) is 10.1 Å². The van der Waals surface area contributed by atoms with Gasteiger partial charge in [-0.25, -0.2) is 0 Å². The highest BCUT2D eigenvalue weighted by atomic mass is 32.2. The van der Waals surface area contributed by atoms with Gasteiger partial charge in [-0.2, -0.15) is 8.42 Å². The van der Waals surface area contributed by atoms with Crippen molar-refractivity contribution in [2.45, 2.75) is 38.0 Å². The molecule has 0 aliphatic heterocycles. The van der Waals surface area contributed by atoms with Crippen LogP contribution >= 0.6 is 0 Å². The van der Waals surface area contributed by atoms with E-state index in [1.165, 1.54) is 12.1 Å². The van der Waals surface area contributed by atoms with Crippen molar-refractivity contribution in [2.75, 3.05) is 0 Å². The zero-order valence-electron chi connectivity index (χ0n) is 10.9. The van der Waals surface area contributed by atoms with Crippen molar-refractivity contribution in [1.82, 2.24) is 0 Å². The summed E-state index contributed by atoms with van der Waals surface area (Å²) < 4.78 is 31.4. The van der Waals surface area contributed by atoms with Gasteiger partial charge in [0.15, 0.2) is 0 Å². The Morgan fingerprint density at radius 3 is 2.39 bits per heavy atom. The Morgan fingerprint density at radius 1 is 1.33 bits per heavy atom. The number of hydrogen-bond donors (Lipinski definition) is 1. The van der Waals surface area contributed by atoms with Gasteiger partial charge in [-0.1, -0.05) is 51.5 Å². The second kappa shape index (κ2) is 6.16. The maximum Gasteiger partial charge on any atom is 0.295 e. The van der Waals surface area contributed by atoms with Crippen LogP contribution in [-0.4, -0.2) is 13.0 Å². The fraction of sp³-hybridized carbons (Fsp3) is 0.429. The molecule has 100 valence electrons. The van der Waals surface area contributed by atoms with Crippen molar-refractivity contribution in [3.8, 4) is 0 Å². The Morgan fingerprint density at radius 2 is 1.94 bits per heavy atom. The van der Waals surface area contributed by atoms with E-state index in [1.54, 1.807) is 12.1 Å². The fourth-order valence-electron chi connectivity index (χ4n) is 2.03. The summed E-state index contributed by atoms with van der Waals surface area (Å²) in [6.45, 7) is 7.89. The molecule has 18 heavy (non-hydrogen) atoms. The zero-order valence-corrected chi connectivity index (χ0v) is 11.7. The van der Waals surface area contributed by atoms with E-state index >= 15 is 0 Å². The third-order valence-corrected chi connectivity index (χ3v) is 4.18. The van der Waals surface area contributed by atoms with Crippen molar-refractivity contribution in [1.29, 1.82) is 0 Å². The first-order chi connectivity index (χ1) is 8.42. The molecule has 0 atom stereocenters. The molecule has 4 heteroatoms. The normalized spacial score (nSPS) is 11.8. The monoisotopic (exact) mass is 268 g/mol. The lowest BCUT2D eigenvalue weighted by Crippen LogP contribution is -2.05. The molecule has 0 radical (unpaired) electrons. The minimum atomic E-state index is -4.17. The summed E-state index contributed by atoms with van der Waals surface area (Å²) in [6, 6.07) is 4.99. The van der Waals surface area contributed by atoms with Crippen molar-refractivity contribution in [3.63, 3.8) is 0 Å². The average molecular weight is 268 g/mol. The van der Waals surface area contributed by atoms with Crippen molar-refractivity contribution < 1.29 is 13.0 Å². The largest absolute Gasteiger partial charge is 0.295 e. The van der Waals surface area contributed by atoms with Gasteiger partial charge in [0.05, 0.1) is 0 Å². The number of rotatable bonds is 6. The summed E-state index contributed by atoms with van der Waals surface area (Å²) in [7, 11) is -4.17. The van der Waals surface area contributed by atoms with Gasteiger partial charge in [-0.05, 0) is 29.5 Å². The topological polar surface area (TPSA) is 54.4 Å². The van der Waals surface area contributed by atoms with E-state index < -0.39 is 10.1 Å². The van der Waals surface area contributed by atoms with Gasteiger partial charge in [-0.15, -0.1) is 0 Å². The Bertz CT molecular complexity index is 514. The molecule has 0 amide bonds. The molecule has 0 heterocycles. The summed E-state index contributed by atoms with van der Waals surface area (Å²) >= 11 is 0. The molecule has 0 spiro atoms. The van der Waals surface area contributed by atoms with Gasteiger partial charge >= 0.3 is 0 Å². The highest BCUT2D eigenvalue weighted by Crippen LogP contribution is 2.22. The smallest absolute Gasteiger partial charge is 0.282 e. The van der Waals surface area contributed by atoms with Gasteiger partial charge < -0.3 is 0 Å². The summed E-state index contributed by atoms with van der Waals surface area (Å²) in [4.78, 5) is -0.0780. The fourth-order valence-corrected chi connectivity index (χ4v) is 2.71. The lowest BCUT2D eigenvalue weighted by atomic mass is 9.94. The van der Waals surface area contributed by atoms with Crippen LogP contribution in [0.1, 0.15) is 37.8 Å².